The Kier molecular flexibility index (Phi) is 4.68. The fourth-order valence-corrected chi connectivity index (χ4v) is 2.17. The van der Waals surface area contributed by atoms with Crippen LogP contribution in [0.25, 0.3) is 0 Å². The summed E-state index contributed by atoms with van der Waals surface area (Å²) in [6.07, 6.45) is 3.24. The van der Waals surface area contributed by atoms with E-state index < -0.39 is 5.82 Å². The van der Waals surface area contributed by atoms with Crippen LogP contribution >= 0.6 is 11.6 Å². The minimum absolute atomic E-state index is 0.128. The molecule has 0 amide bonds. The second-order valence-electron chi connectivity index (χ2n) is 4.69. The van der Waals surface area contributed by atoms with Crippen LogP contribution < -0.4 is 10.1 Å². The predicted octanol–water partition coefficient (Wildman–Crippen LogP) is 4.67. The number of aromatic nitrogens is 2. The first-order valence-corrected chi connectivity index (χ1v) is 7.32. The summed E-state index contributed by atoms with van der Waals surface area (Å²) in [6.45, 7) is 0.397. The molecule has 4 nitrogen and oxygen atoms in total. The number of anilines is 1. The van der Waals surface area contributed by atoms with Gasteiger partial charge in [-0.15, -0.1) is 0 Å². The summed E-state index contributed by atoms with van der Waals surface area (Å²) in [5.74, 6) is 0.583. The second-order valence-corrected chi connectivity index (χ2v) is 5.09. The fraction of sp³-hybridized carbons (Fsp3) is 0.0588. The van der Waals surface area contributed by atoms with Crippen LogP contribution in [0.3, 0.4) is 0 Å². The van der Waals surface area contributed by atoms with Crippen molar-refractivity contribution in [2.24, 2.45) is 0 Å². The average Bonchev–Trinajstić information content (AvgIpc) is 2.57. The lowest BCUT2D eigenvalue weighted by Crippen LogP contribution is -2.04. The molecule has 0 atom stereocenters. The number of halogens is 2. The molecule has 3 aromatic rings. The van der Waals surface area contributed by atoms with Gasteiger partial charge >= 0.3 is 0 Å². The maximum atomic E-state index is 13.7. The van der Waals surface area contributed by atoms with Gasteiger partial charge in [0.15, 0.2) is 11.6 Å². The molecule has 2 heterocycles. The third-order valence-electron chi connectivity index (χ3n) is 3.10. The highest BCUT2D eigenvalue weighted by Crippen LogP contribution is 2.26. The van der Waals surface area contributed by atoms with E-state index in [1.54, 1.807) is 48.8 Å². The molecule has 1 aromatic carbocycles. The number of para-hydroxylation sites is 1. The van der Waals surface area contributed by atoms with Crippen molar-refractivity contribution in [2.75, 3.05) is 5.32 Å². The fourth-order valence-electron chi connectivity index (χ4n) is 1.98. The summed E-state index contributed by atoms with van der Waals surface area (Å²) in [7, 11) is 0. The van der Waals surface area contributed by atoms with Gasteiger partial charge in [0.1, 0.15) is 5.82 Å². The van der Waals surface area contributed by atoms with E-state index in [1.165, 1.54) is 6.07 Å². The molecular weight excluding hydrogens is 317 g/mol. The van der Waals surface area contributed by atoms with Crippen LogP contribution in [-0.2, 0) is 6.54 Å². The number of hydrogen-bond acceptors (Lipinski definition) is 4. The highest BCUT2D eigenvalue weighted by atomic mass is 35.5. The van der Waals surface area contributed by atoms with Crippen molar-refractivity contribution in [2.45, 2.75) is 6.54 Å². The number of nitrogens with one attached hydrogen (secondary N) is 1. The molecule has 0 saturated carbocycles. The summed E-state index contributed by atoms with van der Waals surface area (Å²) in [5.41, 5.74) is 0.762. The summed E-state index contributed by atoms with van der Waals surface area (Å²) in [4.78, 5) is 8.32. The van der Waals surface area contributed by atoms with Gasteiger partial charge in [-0.3, -0.25) is 0 Å². The first-order valence-electron chi connectivity index (χ1n) is 6.94. The zero-order chi connectivity index (χ0) is 16.1. The van der Waals surface area contributed by atoms with Crippen LogP contribution in [0.5, 0.6) is 11.6 Å². The molecule has 0 aliphatic carbocycles. The lowest BCUT2D eigenvalue weighted by Gasteiger charge is -2.12. The molecule has 23 heavy (non-hydrogen) atoms. The van der Waals surface area contributed by atoms with Crippen LogP contribution in [0.1, 0.15) is 5.56 Å². The minimum atomic E-state index is -0.440. The number of ether oxygens (including phenoxy) is 1. The Bertz CT molecular complexity index is 813. The van der Waals surface area contributed by atoms with Crippen LogP contribution in [-0.4, -0.2) is 9.97 Å². The molecule has 0 aliphatic rings. The van der Waals surface area contributed by atoms with E-state index in [2.05, 4.69) is 15.3 Å². The Balaban J connectivity index is 1.78. The maximum absolute atomic E-state index is 13.7. The van der Waals surface area contributed by atoms with E-state index in [1.807, 2.05) is 6.07 Å². The van der Waals surface area contributed by atoms with E-state index in [4.69, 9.17) is 16.3 Å². The molecule has 0 bridgehead atoms. The topological polar surface area (TPSA) is 47.0 Å². The van der Waals surface area contributed by atoms with Crippen molar-refractivity contribution in [3.63, 3.8) is 0 Å². The number of pyridine rings is 2. The van der Waals surface area contributed by atoms with Crippen LogP contribution in [0, 0.1) is 5.82 Å². The smallest absolute Gasteiger partial charge is 0.224 e. The van der Waals surface area contributed by atoms with Gasteiger partial charge < -0.3 is 10.1 Å². The lowest BCUT2D eigenvalue weighted by molar-refractivity contribution is 0.423. The van der Waals surface area contributed by atoms with E-state index in [0.717, 1.165) is 5.56 Å². The van der Waals surface area contributed by atoms with Crippen molar-refractivity contribution in [1.29, 1.82) is 0 Å². The highest BCUT2D eigenvalue weighted by molar-refractivity contribution is 6.32. The second kappa shape index (κ2) is 7.07. The van der Waals surface area contributed by atoms with Gasteiger partial charge in [0.25, 0.3) is 0 Å². The van der Waals surface area contributed by atoms with Crippen molar-refractivity contribution in [3.05, 3.63) is 77.3 Å². The van der Waals surface area contributed by atoms with Gasteiger partial charge in [-0.1, -0.05) is 29.8 Å². The molecule has 0 aliphatic heterocycles. The molecule has 6 heteroatoms. The van der Waals surface area contributed by atoms with Gasteiger partial charge in [-0.05, 0) is 30.3 Å². The molecule has 3 rings (SSSR count). The summed E-state index contributed by atoms with van der Waals surface area (Å²) in [5, 5.41) is 3.63. The first-order chi connectivity index (χ1) is 11.2. The van der Waals surface area contributed by atoms with Crippen molar-refractivity contribution >= 4 is 17.4 Å². The van der Waals surface area contributed by atoms with Crippen LogP contribution in [0.15, 0.2) is 60.9 Å². The first kappa shape index (κ1) is 15.2. The number of nitrogens with zero attached hydrogens (tertiary/aromatic N) is 2. The number of rotatable bonds is 5. The highest BCUT2D eigenvalue weighted by Gasteiger charge is 2.10. The largest absolute Gasteiger partial charge is 0.436 e. The lowest BCUT2D eigenvalue weighted by atomic mass is 10.2. The van der Waals surface area contributed by atoms with E-state index in [-0.39, 0.29) is 5.75 Å². The van der Waals surface area contributed by atoms with Gasteiger partial charge in [0, 0.05) is 24.5 Å². The Morgan fingerprint density at radius 3 is 2.61 bits per heavy atom. The van der Waals surface area contributed by atoms with E-state index in [0.29, 0.717) is 23.3 Å². The molecule has 0 spiro atoms. The van der Waals surface area contributed by atoms with Gasteiger partial charge in [0.05, 0.1) is 5.02 Å². The third-order valence-corrected chi connectivity index (χ3v) is 3.40. The molecular formula is C17H13ClFN3O. The van der Waals surface area contributed by atoms with Gasteiger partial charge in [-0.2, -0.15) is 0 Å². The Hall–Kier alpha value is -2.66. The van der Waals surface area contributed by atoms with Gasteiger partial charge in [0.2, 0.25) is 5.88 Å². The SMILES string of the molecule is Fc1ccccc1Oc1ncccc1CNc1ncccc1Cl. The Morgan fingerprint density at radius 1 is 1.00 bits per heavy atom. The Labute approximate surface area is 137 Å². The molecule has 1 N–H and O–H groups in total. The third kappa shape index (κ3) is 3.76. The molecule has 0 radical (unpaired) electrons. The van der Waals surface area contributed by atoms with Crippen LogP contribution in [0.2, 0.25) is 5.02 Å². The monoisotopic (exact) mass is 329 g/mol. The molecule has 0 fully saturated rings. The summed E-state index contributed by atoms with van der Waals surface area (Å²) in [6, 6.07) is 13.3. The predicted molar refractivity (Wildman–Crippen MR) is 87.3 cm³/mol. The van der Waals surface area contributed by atoms with Crippen molar-refractivity contribution in [1.82, 2.24) is 9.97 Å². The quantitative estimate of drug-likeness (QED) is 0.738. The van der Waals surface area contributed by atoms with E-state index >= 15 is 0 Å². The van der Waals surface area contributed by atoms with Gasteiger partial charge in [-0.25, -0.2) is 14.4 Å². The number of benzene rings is 1. The zero-order valence-electron chi connectivity index (χ0n) is 12.0. The van der Waals surface area contributed by atoms with Crippen molar-refractivity contribution in [3.8, 4) is 11.6 Å². The molecule has 2 aromatic heterocycles. The van der Waals surface area contributed by atoms with Crippen molar-refractivity contribution < 1.29 is 9.13 Å². The summed E-state index contributed by atoms with van der Waals surface area (Å²) < 4.78 is 19.3. The standard InChI is InChI=1S/C17H13ClFN3O/c18-13-6-4-9-20-16(13)22-11-12-5-3-10-21-17(12)23-15-8-2-1-7-14(15)19/h1-10H,11H2,(H,20,22). The van der Waals surface area contributed by atoms with Crippen LogP contribution in [0.4, 0.5) is 10.2 Å². The minimum Gasteiger partial charge on any atom is -0.436 e. The number of hydrogen-bond donors (Lipinski definition) is 1. The summed E-state index contributed by atoms with van der Waals surface area (Å²) >= 11 is 6.06. The average molecular weight is 330 g/mol. The molecule has 0 unspecified atom stereocenters. The van der Waals surface area contributed by atoms with E-state index in [9.17, 15) is 4.39 Å². The normalized spacial score (nSPS) is 10.3. The Morgan fingerprint density at radius 2 is 1.78 bits per heavy atom. The molecule has 0 saturated heterocycles. The zero-order valence-corrected chi connectivity index (χ0v) is 12.8. The molecule has 116 valence electrons. The maximum Gasteiger partial charge on any atom is 0.224 e.